The molecule has 130 valence electrons. The van der Waals surface area contributed by atoms with Gasteiger partial charge in [0.1, 0.15) is 0 Å². The SMILES string of the molecule is COc1cc2c(cc1OC)CN(CC1=CC[C@H]3C[C@@H]1C3(C)C)CC2. The Morgan fingerprint density at radius 3 is 2.46 bits per heavy atom. The van der Waals surface area contributed by atoms with Gasteiger partial charge in [0.05, 0.1) is 14.2 Å². The molecular formula is C21H29NO2. The highest BCUT2D eigenvalue weighted by molar-refractivity contribution is 5.48. The van der Waals surface area contributed by atoms with Crippen LogP contribution in [0.5, 0.6) is 11.5 Å². The second-order valence-corrected chi connectivity index (χ2v) is 8.26. The molecule has 0 aromatic heterocycles. The molecule has 0 saturated heterocycles. The van der Waals surface area contributed by atoms with Crippen LogP contribution in [0.4, 0.5) is 0 Å². The van der Waals surface area contributed by atoms with Crippen molar-refractivity contribution in [2.45, 2.75) is 39.7 Å². The van der Waals surface area contributed by atoms with Crippen LogP contribution < -0.4 is 9.47 Å². The molecule has 0 radical (unpaired) electrons. The zero-order chi connectivity index (χ0) is 16.9. The summed E-state index contributed by atoms with van der Waals surface area (Å²) < 4.78 is 10.9. The van der Waals surface area contributed by atoms with E-state index >= 15 is 0 Å². The third kappa shape index (κ3) is 2.45. The van der Waals surface area contributed by atoms with Crippen molar-refractivity contribution in [3.63, 3.8) is 0 Å². The lowest BCUT2D eigenvalue weighted by Crippen LogP contribution is -2.50. The van der Waals surface area contributed by atoms with Gasteiger partial charge in [0, 0.05) is 19.6 Å². The van der Waals surface area contributed by atoms with E-state index in [2.05, 4.69) is 37.0 Å². The molecule has 0 spiro atoms. The van der Waals surface area contributed by atoms with Gasteiger partial charge in [-0.1, -0.05) is 25.5 Å². The molecule has 1 heterocycles. The Kier molecular flexibility index (Phi) is 3.87. The fourth-order valence-electron chi connectivity index (χ4n) is 4.99. The molecule has 0 unspecified atom stereocenters. The van der Waals surface area contributed by atoms with E-state index in [1.807, 2.05) is 0 Å². The van der Waals surface area contributed by atoms with Crippen molar-refractivity contribution in [1.29, 1.82) is 0 Å². The van der Waals surface area contributed by atoms with E-state index in [9.17, 15) is 0 Å². The Bertz CT molecular complexity index is 677. The van der Waals surface area contributed by atoms with Crippen LogP contribution in [0.25, 0.3) is 0 Å². The topological polar surface area (TPSA) is 21.7 Å². The molecule has 3 aliphatic carbocycles. The first kappa shape index (κ1) is 16.0. The summed E-state index contributed by atoms with van der Waals surface area (Å²) in [5, 5.41) is 0. The maximum absolute atomic E-state index is 5.48. The van der Waals surface area contributed by atoms with Crippen LogP contribution in [0.1, 0.15) is 37.8 Å². The van der Waals surface area contributed by atoms with Gasteiger partial charge in [0.2, 0.25) is 0 Å². The molecule has 3 nitrogen and oxygen atoms in total. The lowest BCUT2D eigenvalue weighted by molar-refractivity contribution is -0.0110. The number of allylic oxidation sites excluding steroid dienone is 1. The van der Waals surface area contributed by atoms with Gasteiger partial charge in [-0.05, 0) is 59.8 Å². The van der Waals surface area contributed by atoms with Gasteiger partial charge in [-0.25, -0.2) is 0 Å². The van der Waals surface area contributed by atoms with Crippen LogP contribution in [-0.2, 0) is 13.0 Å². The van der Waals surface area contributed by atoms with Crippen molar-refractivity contribution >= 4 is 0 Å². The van der Waals surface area contributed by atoms with Gasteiger partial charge in [-0.2, -0.15) is 0 Å². The largest absolute Gasteiger partial charge is 0.493 e. The highest BCUT2D eigenvalue weighted by Gasteiger charge is 2.51. The zero-order valence-electron chi connectivity index (χ0n) is 15.4. The highest BCUT2D eigenvalue weighted by Crippen LogP contribution is 2.59. The van der Waals surface area contributed by atoms with E-state index in [0.717, 1.165) is 49.4 Å². The molecule has 2 atom stereocenters. The number of methoxy groups -OCH3 is 2. The van der Waals surface area contributed by atoms with E-state index in [-0.39, 0.29) is 0 Å². The number of hydrogen-bond donors (Lipinski definition) is 0. The lowest BCUT2D eigenvalue weighted by Gasteiger charge is -2.57. The second-order valence-electron chi connectivity index (χ2n) is 8.26. The molecule has 2 bridgehead atoms. The van der Waals surface area contributed by atoms with E-state index in [0.29, 0.717) is 5.41 Å². The molecule has 1 aromatic rings. The highest BCUT2D eigenvalue weighted by atomic mass is 16.5. The average Bonchev–Trinajstić information content (AvgIpc) is 2.60. The van der Waals surface area contributed by atoms with Gasteiger partial charge in [-0.15, -0.1) is 0 Å². The molecular weight excluding hydrogens is 298 g/mol. The van der Waals surface area contributed by atoms with Crippen molar-refractivity contribution in [3.8, 4) is 11.5 Å². The predicted octanol–water partition coefficient (Wildman–Crippen LogP) is 4.05. The molecule has 1 aliphatic heterocycles. The minimum absolute atomic E-state index is 0.522. The molecule has 5 rings (SSSR count). The molecule has 1 aromatic carbocycles. The fraction of sp³-hybridized carbons (Fsp3) is 0.619. The summed E-state index contributed by atoms with van der Waals surface area (Å²) in [6.07, 6.45) is 6.33. The first-order valence-corrected chi connectivity index (χ1v) is 9.18. The Morgan fingerprint density at radius 1 is 1.12 bits per heavy atom. The quantitative estimate of drug-likeness (QED) is 0.779. The van der Waals surface area contributed by atoms with Gasteiger partial charge in [-0.3, -0.25) is 4.90 Å². The van der Waals surface area contributed by atoms with Crippen molar-refractivity contribution in [2.75, 3.05) is 27.3 Å². The van der Waals surface area contributed by atoms with Crippen LogP contribution in [0.3, 0.4) is 0 Å². The maximum Gasteiger partial charge on any atom is 0.161 e. The average molecular weight is 327 g/mol. The number of hydrogen-bond acceptors (Lipinski definition) is 3. The lowest BCUT2D eigenvalue weighted by atomic mass is 9.49. The van der Waals surface area contributed by atoms with Gasteiger partial charge < -0.3 is 9.47 Å². The summed E-state index contributed by atoms with van der Waals surface area (Å²) in [5.41, 5.74) is 5.01. The maximum atomic E-state index is 5.48. The third-order valence-corrected chi connectivity index (χ3v) is 6.79. The van der Waals surface area contributed by atoms with Crippen molar-refractivity contribution in [3.05, 3.63) is 34.9 Å². The predicted molar refractivity (Wildman–Crippen MR) is 96.6 cm³/mol. The molecule has 0 amide bonds. The molecule has 1 fully saturated rings. The first-order valence-electron chi connectivity index (χ1n) is 9.18. The van der Waals surface area contributed by atoms with Crippen molar-refractivity contribution in [2.24, 2.45) is 17.3 Å². The van der Waals surface area contributed by atoms with E-state index in [1.54, 1.807) is 19.8 Å². The number of nitrogens with zero attached hydrogens (tertiary/aromatic N) is 1. The van der Waals surface area contributed by atoms with E-state index < -0.39 is 0 Å². The Balaban J connectivity index is 1.50. The van der Waals surface area contributed by atoms with Crippen LogP contribution >= 0.6 is 0 Å². The van der Waals surface area contributed by atoms with Crippen molar-refractivity contribution in [1.82, 2.24) is 4.90 Å². The number of benzene rings is 1. The van der Waals surface area contributed by atoms with Gasteiger partial charge in [0.15, 0.2) is 11.5 Å². The normalized spacial score (nSPS) is 27.8. The molecule has 24 heavy (non-hydrogen) atoms. The Hall–Kier alpha value is -1.48. The summed E-state index contributed by atoms with van der Waals surface area (Å²) in [6, 6.07) is 4.32. The molecule has 3 heteroatoms. The van der Waals surface area contributed by atoms with E-state index in [4.69, 9.17) is 9.47 Å². The van der Waals surface area contributed by atoms with Crippen LogP contribution in [0.2, 0.25) is 0 Å². The monoisotopic (exact) mass is 327 g/mol. The smallest absolute Gasteiger partial charge is 0.161 e. The molecule has 0 N–H and O–H groups in total. The van der Waals surface area contributed by atoms with E-state index in [1.165, 1.54) is 24.0 Å². The van der Waals surface area contributed by atoms with Crippen LogP contribution in [-0.4, -0.2) is 32.2 Å². The number of ether oxygens (including phenoxy) is 2. The van der Waals surface area contributed by atoms with Gasteiger partial charge in [0.25, 0.3) is 0 Å². The second kappa shape index (κ2) is 5.80. The van der Waals surface area contributed by atoms with Crippen LogP contribution in [0.15, 0.2) is 23.8 Å². The summed E-state index contributed by atoms with van der Waals surface area (Å²) in [5.74, 6) is 3.42. The minimum Gasteiger partial charge on any atom is -0.493 e. The molecule has 4 aliphatic rings. The summed E-state index contributed by atoms with van der Waals surface area (Å²) in [7, 11) is 3.43. The van der Waals surface area contributed by atoms with Gasteiger partial charge >= 0.3 is 0 Å². The third-order valence-electron chi connectivity index (χ3n) is 6.79. The first-order chi connectivity index (χ1) is 11.5. The Labute approximate surface area is 145 Å². The fourth-order valence-corrected chi connectivity index (χ4v) is 4.99. The zero-order valence-corrected chi connectivity index (χ0v) is 15.4. The minimum atomic E-state index is 0.522. The van der Waals surface area contributed by atoms with Crippen LogP contribution in [0, 0.1) is 17.3 Å². The van der Waals surface area contributed by atoms with Crippen molar-refractivity contribution < 1.29 is 9.47 Å². The number of fused-ring (bicyclic) bond motifs is 2. The summed E-state index contributed by atoms with van der Waals surface area (Å²) in [4.78, 5) is 2.61. The molecule has 1 saturated carbocycles. The Morgan fingerprint density at radius 2 is 1.83 bits per heavy atom. The summed E-state index contributed by atoms with van der Waals surface area (Å²) in [6.45, 7) is 8.21. The summed E-state index contributed by atoms with van der Waals surface area (Å²) >= 11 is 0. The standard InChI is InChI=1S/C21H29NO2/c1-21(2)17-6-5-15(18(21)11-17)12-22-8-7-14-9-19(23-3)20(24-4)10-16(14)13-22/h5,9-10,17-18H,6-8,11-13H2,1-4H3/t17-,18-/m0/s1. The number of rotatable bonds is 4.